The standard InChI is InChI=1S/C18H18FN3OS/c1-11-21-17-13(4-3-5-16(17)24-11)10-22(2)18(23)12-6-7-15(19)14(8-12)9-20/h6-8,13H,3-5,10H2,1-2H3. The van der Waals surface area contributed by atoms with Gasteiger partial charge in [-0.15, -0.1) is 11.3 Å². The lowest BCUT2D eigenvalue weighted by Gasteiger charge is -2.26. The second kappa shape index (κ2) is 6.70. The van der Waals surface area contributed by atoms with E-state index in [0.717, 1.165) is 30.0 Å². The molecule has 0 radical (unpaired) electrons. The predicted molar refractivity (Wildman–Crippen MR) is 90.6 cm³/mol. The average molecular weight is 343 g/mol. The van der Waals surface area contributed by atoms with Gasteiger partial charge in [-0.2, -0.15) is 5.26 Å². The van der Waals surface area contributed by atoms with Crippen molar-refractivity contribution in [3.8, 4) is 6.07 Å². The van der Waals surface area contributed by atoms with Gasteiger partial charge in [0, 0.05) is 30.0 Å². The van der Waals surface area contributed by atoms with Crippen molar-refractivity contribution < 1.29 is 9.18 Å². The number of halogens is 1. The van der Waals surface area contributed by atoms with Gasteiger partial charge < -0.3 is 4.90 Å². The summed E-state index contributed by atoms with van der Waals surface area (Å²) in [6.45, 7) is 2.59. The van der Waals surface area contributed by atoms with Crippen molar-refractivity contribution in [1.29, 1.82) is 5.26 Å². The molecule has 1 amide bonds. The van der Waals surface area contributed by atoms with Gasteiger partial charge in [0.2, 0.25) is 0 Å². The van der Waals surface area contributed by atoms with E-state index in [4.69, 9.17) is 5.26 Å². The van der Waals surface area contributed by atoms with Gasteiger partial charge in [0.25, 0.3) is 5.91 Å². The molecule has 1 atom stereocenters. The molecule has 0 aliphatic heterocycles. The number of amides is 1. The Balaban J connectivity index is 1.77. The summed E-state index contributed by atoms with van der Waals surface area (Å²) < 4.78 is 13.4. The summed E-state index contributed by atoms with van der Waals surface area (Å²) in [7, 11) is 1.74. The molecule has 2 aromatic rings. The Morgan fingerprint density at radius 3 is 3.08 bits per heavy atom. The molecule has 0 saturated carbocycles. The first-order valence-electron chi connectivity index (χ1n) is 7.91. The van der Waals surface area contributed by atoms with E-state index >= 15 is 0 Å². The zero-order valence-electron chi connectivity index (χ0n) is 13.7. The average Bonchev–Trinajstić information content (AvgIpc) is 2.96. The van der Waals surface area contributed by atoms with E-state index in [1.54, 1.807) is 29.4 Å². The van der Waals surface area contributed by atoms with E-state index in [1.807, 2.05) is 6.92 Å². The van der Waals surface area contributed by atoms with Gasteiger partial charge in [-0.05, 0) is 44.4 Å². The molecule has 0 spiro atoms. The maximum atomic E-state index is 13.4. The first kappa shape index (κ1) is 16.6. The fourth-order valence-electron chi connectivity index (χ4n) is 3.18. The molecule has 0 bridgehead atoms. The SMILES string of the molecule is Cc1nc2c(s1)CCCC2CN(C)C(=O)c1ccc(F)c(C#N)c1. The molecule has 1 aliphatic carbocycles. The Labute approximate surface area is 144 Å². The van der Waals surface area contributed by atoms with Crippen LogP contribution in [0.3, 0.4) is 0 Å². The number of aryl methyl sites for hydroxylation is 2. The van der Waals surface area contributed by atoms with Crippen LogP contribution in [0.4, 0.5) is 4.39 Å². The summed E-state index contributed by atoms with van der Waals surface area (Å²) in [6, 6.07) is 5.68. The molecule has 124 valence electrons. The molecular weight excluding hydrogens is 325 g/mol. The Morgan fingerprint density at radius 1 is 1.54 bits per heavy atom. The maximum absolute atomic E-state index is 13.4. The number of fused-ring (bicyclic) bond motifs is 1. The lowest BCUT2D eigenvalue weighted by atomic mass is 9.90. The highest BCUT2D eigenvalue weighted by Gasteiger charge is 2.26. The molecule has 6 heteroatoms. The van der Waals surface area contributed by atoms with Crippen LogP contribution in [0.1, 0.15) is 50.3 Å². The summed E-state index contributed by atoms with van der Waals surface area (Å²) in [5.74, 6) is -0.569. The van der Waals surface area contributed by atoms with Crippen LogP contribution in [0.5, 0.6) is 0 Å². The molecule has 24 heavy (non-hydrogen) atoms. The van der Waals surface area contributed by atoms with Gasteiger partial charge in [0.1, 0.15) is 11.9 Å². The molecule has 1 unspecified atom stereocenters. The van der Waals surface area contributed by atoms with Crippen molar-refractivity contribution in [2.45, 2.75) is 32.1 Å². The Bertz CT molecular complexity index is 824. The number of nitrogens with zero attached hydrogens (tertiary/aromatic N) is 3. The number of nitriles is 1. The summed E-state index contributed by atoms with van der Waals surface area (Å²) in [4.78, 5) is 20.2. The van der Waals surface area contributed by atoms with Crippen molar-refractivity contribution in [2.75, 3.05) is 13.6 Å². The zero-order chi connectivity index (χ0) is 17.3. The minimum atomic E-state index is -0.605. The minimum absolute atomic E-state index is 0.107. The highest BCUT2D eigenvalue weighted by atomic mass is 32.1. The highest BCUT2D eigenvalue weighted by Crippen LogP contribution is 2.35. The largest absolute Gasteiger partial charge is 0.341 e. The summed E-state index contributed by atoms with van der Waals surface area (Å²) in [5.41, 5.74) is 1.35. The first-order valence-corrected chi connectivity index (χ1v) is 8.72. The van der Waals surface area contributed by atoms with Gasteiger partial charge >= 0.3 is 0 Å². The first-order chi connectivity index (χ1) is 11.5. The second-order valence-electron chi connectivity index (χ2n) is 6.12. The number of carbonyl (C=O) groups excluding carboxylic acids is 1. The molecule has 1 heterocycles. The highest BCUT2D eigenvalue weighted by molar-refractivity contribution is 7.11. The molecule has 0 fully saturated rings. The van der Waals surface area contributed by atoms with Crippen LogP contribution in [0, 0.1) is 24.1 Å². The lowest BCUT2D eigenvalue weighted by Crippen LogP contribution is -2.32. The normalized spacial score (nSPS) is 16.3. The van der Waals surface area contributed by atoms with E-state index in [9.17, 15) is 9.18 Å². The summed E-state index contributed by atoms with van der Waals surface area (Å²) in [6.07, 6.45) is 3.19. The van der Waals surface area contributed by atoms with Gasteiger partial charge in [-0.1, -0.05) is 0 Å². The van der Waals surface area contributed by atoms with Gasteiger partial charge in [-0.25, -0.2) is 9.37 Å². The van der Waals surface area contributed by atoms with Crippen LogP contribution < -0.4 is 0 Å². The van der Waals surface area contributed by atoms with Crippen LogP contribution in [-0.4, -0.2) is 29.4 Å². The molecule has 1 aliphatic rings. The number of thiazole rings is 1. The third kappa shape index (κ3) is 3.17. The number of carbonyl (C=O) groups is 1. The quantitative estimate of drug-likeness (QED) is 0.855. The smallest absolute Gasteiger partial charge is 0.253 e. The molecule has 3 rings (SSSR count). The monoisotopic (exact) mass is 343 g/mol. The maximum Gasteiger partial charge on any atom is 0.253 e. The number of hydrogen-bond acceptors (Lipinski definition) is 4. The number of aromatic nitrogens is 1. The third-order valence-corrected chi connectivity index (χ3v) is 5.40. The number of benzene rings is 1. The third-order valence-electron chi connectivity index (χ3n) is 4.35. The van der Waals surface area contributed by atoms with Crippen LogP contribution in [-0.2, 0) is 6.42 Å². The lowest BCUT2D eigenvalue weighted by molar-refractivity contribution is 0.0783. The van der Waals surface area contributed by atoms with E-state index in [0.29, 0.717) is 12.1 Å². The van der Waals surface area contributed by atoms with Crippen LogP contribution in [0.15, 0.2) is 18.2 Å². The topological polar surface area (TPSA) is 57.0 Å². The van der Waals surface area contributed by atoms with Crippen LogP contribution >= 0.6 is 11.3 Å². The molecular formula is C18H18FN3OS. The van der Waals surface area contributed by atoms with E-state index in [-0.39, 0.29) is 17.4 Å². The van der Waals surface area contributed by atoms with Gasteiger partial charge in [-0.3, -0.25) is 4.79 Å². The molecule has 1 aromatic carbocycles. The predicted octanol–water partition coefficient (Wildman–Crippen LogP) is 3.65. The Kier molecular flexibility index (Phi) is 4.63. The van der Waals surface area contributed by atoms with Gasteiger partial charge in [0.15, 0.2) is 0 Å². The second-order valence-corrected chi connectivity index (χ2v) is 7.41. The molecule has 4 nitrogen and oxygen atoms in total. The Hall–Kier alpha value is -2.26. The van der Waals surface area contributed by atoms with Crippen molar-refractivity contribution in [2.24, 2.45) is 0 Å². The van der Waals surface area contributed by atoms with E-state index in [1.165, 1.54) is 23.1 Å². The van der Waals surface area contributed by atoms with Crippen molar-refractivity contribution in [1.82, 2.24) is 9.88 Å². The fourth-order valence-corrected chi connectivity index (χ4v) is 4.25. The van der Waals surface area contributed by atoms with Crippen molar-refractivity contribution in [3.63, 3.8) is 0 Å². The van der Waals surface area contributed by atoms with E-state index < -0.39 is 5.82 Å². The van der Waals surface area contributed by atoms with E-state index in [2.05, 4.69) is 4.98 Å². The molecule has 0 N–H and O–H groups in total. The summed E-state index contributed by atoms with van der Waals surface area (Å²) in [5, 5.41) is 9.98. The number of rotatable bonds is 3. The molecule has 1 aromatic heterocycles. The Morgan fingerprint density at radius 2 is 2.33 bits per heavy atom. The van der Waals surface area contributed by atoms with Gasteiger partial charge in [0.05, 0.1) is 16.3 Å². The molecule has 0 saturated heterocycles. The van der Waals surface area contributed by atoms with Crippen LogP contribution in [0.2, 0.25) is 0 Å². The number of hydrogen-bond donors (Lipinski definition) is 0. The minimum Gasteiger partial charge on any atom is -0.341 e. The van der Waals surface area contributed by atoms with Crippen molar-refractivity contribution in [3.05, 3.63) is 50.7 Å². The fraction of sp³-hybridized carbons (Fsp3) is 0.389. The summed E-state index contributed by atoms with van der Waals surface area (Å²) >= 11 is 1.74. The van der Waals surface area contributed by atoms with Crippen molar-refractivity contribution >= 4 is 17.2 Å². The zero-order valence-corrected chi connectivity index (χ0v) is 14.5. The number of likely N-dealkylation sites (N-methyl/N-ethyl adjacent to an activating group) is 1. The van der Waals surface area contributed by atoms with Crippen LogP contribution in [0.25, 0.3) is 0 Å².